The van der Waals surface area contributed by atoms with Gasteiger partial charge in [-0.05, 0) is 43.1 Å². The minimum atomic E-state index is -4.48. The van der Waals surface area contributed by atoms with E-state index in [4.69, 9.17) is 0 Å². The van der Waals surface area contributed by atoms with Crippen LogP contribution in [0.15, 0.2) is 30.3 Å². The number of alkyl halides is 3. The van der Waals surface area contributed by atoms with Crippen LogP contribution in [0.5, 0.6) is 0 Å². The number of benzene rings is 1. The summed E-state index contributed by atoms with van der Waals surface area (Å²) in [6.45, 7) is 0. The van der Waals surface area contributed by atoms with Gasteiger partial charge in [0.25, 0.3) is 0 Å². The van der Waals surface area contributed by atoms with E-state index in [0.717, 1.165) is 12.8 Å². The SMILES string of the molecule is OC(C1CCC(c2ccccc2)CC1)C(F)(F)F. The van der Waals surface area contributed by atoms with Crippen LogP contribution in [0.4, 0.5) is 13.2 Å². The van der Waals surface area contributed by atoms with Crippen molar-refractivity contribution in [1.82, 2.24) is 0 Å². The van der Waals surface area contributed by atoms with Crippen LogP contribution in [0.3, 0.4) is 0 Å². The molecule has 1 nitrogen and oxygen atoms in total. The van der Waals surface area contributed by atoms with Crippen LogP contribution in [0.25, 0.3) is 0 Å². The van der Waals surface area contributed by atoms with Gasteiger partial charge in [0.15, 0.2) is 6.10 Å². The Hall–Kier alpha value is -1.03. The van der Waals surface area contributed by atoms with E-state index < -0.39 is 18.2 Å². The molecule has 1 saturated carbocycles. The maximum atomic E-state index is 12.4. The van der Waals surface area contributed by atoms with Gasteiger partial charge >= 0.3 is 6.18 Å². The van der Waals surface area contributed by atoms with E-state index in [-0.39, 0.29) is 0 Å². The average molecular weight is 258 g/mol. The third-order valence-corrected chi connectivity index (χ3v) is 3.82. The average Bonchev–Trinajstić information content (AvgIpc) is 2.38. The zero-order valence-electron chi connectivity index (χ0n) is 10.0. The van der Waals surface area contributed by atoms with E-state index in [1.54, 1.807) is 0 Å². The summed E-state index contributed by atoms with van der Waals surface area (Å²) in [6.07, 6.45) is -4.30. The fourth-order valence-corrected chi connectivity index (χ4v) is 2.76. The van der Waals surface area contributed by atoms with Gasteiger partial charge in [-0.2, -0.15) is 13.2 Å². The number of hydrogen-bond acceptors (Lipinski definition) is 1. The fourth-order valence-electron chi connectivity index (χ4n) is 2.76. The van der Waals surface area contributed by atoms with E-state index in [0.29, 0.717) is 18.8 Å². The third kappa shape index (κ3) is 3.05. The quantitative estimate of drug-likeness (QED) is 0.853. The molecular formula is C14H17F3O. The molecule has 4 heteroatoms. The summed E-state index contributed by atoms with van der Waals surface area (Å²) in [5, 5.41) is 9.24. The van der Waals surface area contributed by atoms with Crippen LogP contribution in [-0.4, -0.2) is 17.4 Å². The van der Waals surface area contributed by atoms with Crippen molar-refractivity contribution in [3.8, 4) is 0 Å². The Balaban J connectivity index is 1.93. The third-order valence-electron chi connectivity index (χ3n) is 3.82. The molecule has 1 unspecified atom stereocenters. The summed E-state index contributed by atoms with van der Waals surface area (Å²) in [6, 6.07) is 9.87. The molecule has 1 aromatic carbocycles. The number of aliphatic hydroxyl groups excluding tert-OH is 1. The second-order valence-electron chi connectivity index (χ2n) is 5.01. The lowest BCUT2D eigenvalue weighted by atomic mass is 9.76. The lowest BCUT2D eigenvalue weighted by Gasteiger charge is -2.32. The first-order valence-electron chi connectivity index (χ1n) is 6.28. The van der Waals surface area contributed by atoms with Crippen LogP contribution in [0.1, 0.15) is 37.2 Å². The van der Waals surface area contributed by atoms with Crippen LogP contribution >= 0.6 is 0 Å². The van der Waals surface area contributed by atoms with Crippen molar-refractivity contribution in [3.63, 3.8) is 0 Å². The monoisotopic (exact) mass is 258 g/mol. The lowest BCUT2D eigenvalue weighted by molar-refractivity contribution is -0.222. The molecule has 1 atom stereocenters. The molecule has 1 aromatic rings. The Kier molecular flexibility index (Phi) is 3.95. The number of halogens is 3. The lowest BCUT2D eigenvalue weighted by Crippen LogP contribution is -2.37. The number of aliphatic hydroxyl groups is 1. The maximum Gasteiger partial charge on any atom is 0.414 e. The van der Waals surface area contributed by atoms with Crippen molar-refractivity contribution in [2.24, 2.45) is 5.92 Å². The zero-order valence-corrected chi connectivity index (χ0v) is 10.0. The molecular weight excluding hydrogens is 241 g/mol. The summed E-state index contributed by atoms with van der Waals surface area (Å²) in [5.41, 5.74) is 1.19. The first kappa shape index (κ1) is 13.4. The molecule has 0 spiro atoms. The van der Waals surface area contributed by atoms with Crippen LogP contribution < -0.4 is 0 Å². The van der Waals surface area contributed by atoms with Gasteiger partial charge in [0.1, 0.15) is 0 Å². The maximum absolute atomic E-state index is 12.4. The molecule has 1 aliphatic rings. The predicted octanol–water partition coefficient (Wildman–Crippen LogP) is 3.88. The Morgan fingerprint density at radius 3 is 2.06 bits per heavy atom. The standard InChI is InChI=1S/C14H17F3O/c15-14(16,17)13(18)12-8-6-11(7-9-12)10-4-2-1-3-5-10/h1-5,11-13,18H,6-9H2. The highest BCUT2D eigenvalue weighted by Gasteiger charge is 2.44. The molecule has 18 heavy (non-hydrogen) atoms. The zero-order chi connectivity index (χ0) is 13.2. The first-order chi connectivity index (χ1) is 8.48. The van der Waals surface area contributed by atoms with E-state index in [9.17, 15) is 18.3 Å². The molecule has 0 saturated heterocycles. The van der Waals surface area contributed by atoms with Crippen molar-refractivity contribution in [2.45, 2.75) is 43.9 Å². The topological polar surface area (TPSA) is 20.2 Å². The van der Waals surface area contributed by atoms with Crippen molar-refractivity contribution < 1.29 is 18.3 Å². The minimum Gasteiger partial charge on any atom is -0.383 e. The highest BCUT2D eigenvalue weighted by atomic mass is 19.4. The van der Waals surface area contributed by atoms with Crippen molar-refractivity contribution in [3.05, 3.63) is 35.9 Å². The molecule has 0 aliphatic heterocycles. The Morgan fingerprint density at radius 2 is 1.56 bits per heavy atom. The summed E-state index contributed by atoms with van der Waals surface area (Å²) in [5.74, 6) is -0.298. The van der Waals surface area contributed by atoms with Gasteiger partial charge in [-0.1, -0.05) is 30.3 Å². The van der Waals surface area contributed by atoms with Crippen LogP contribution in [0, 0.1) is 5.92 Å². The second-order valence-corrected chi connectivity index (χ2v) is 5.01. The fraction of sp³-hybridized carbons (Fsp3) is 0.571. The summed E-state index contributed by atoms with van der Waals surface area (Å²) in [4.78, 5) is 0. The van der Waals surface area contributed by atoms with E-state index in [1.165, 1.54) is 5.56 Å². The highest BCUT2D eigenvalue weighted by Crippen LogP contribution is 2.40. The summed E-state index contributed by atoms with van der Waals surface area (Å²) >= 11 is 0. The van der Waals surface area contributed by atoms with Crippen molar-refractivity contribution in [2.75, 3.05) is 0 Å². The van der Waals surface area contributed by atoms with Crippen LogP contribution in [0.2, 0.25) is 0 Å². The Labute approximate surface area is 105 Å². The van der Waals surface area contributed by atoms with Gasteiger partial charge < -0.3 is 5.11 Å². The van der Waals surface area contributed by atoms with Crippen LogP contribution in [-0.2, 0) is 0 Å². The predicted molar refractivity (Wildman–Crippen MR) is 63.2 cm³/mol. The first-order valence-corrected chi connectivity index (χ1v) is 6.28. The molecule has 1 fully saturated rings. The molecule has 0 amide bonds. The van der Waals surface area contributed by atoms with Gasteiger partial charge in [0, 0.05) is 0 Å². The van der Waals surface area contributed by atoms with E-state index in [1.807, 2.05) is 30.3 Å². The summed E-state index contributed by atoms with van der Waals surface area (Å²) < 4.78 is 37.2. The van der Waals surface area contributed by atoms with Gasteiger partial charge in [0.2, 0.25) is 0 Å². The van der Waals surface area contributed by atoms with Crippen molar-refractivity contribution >= 4 is 0 Å². The Morgan fingerprint density at radius 1 is 1.00 bits per heavy atom. The van der Waals surface area contributed by atoms with Crippen molar-refractivity contribution in [1.29, 1.82) is 0 Å². The number of hydrogen-bond donors (Lipinski definition) is 1. The molecule has 0 aromatic heterocycles. The molecule has 1 aliphatic carbocycles. The van der Waals surface area contributed by atoms with Gasteiger partial charge in [-0.3, -0.25) is 0 Å². The minimum absolute atomic E-state index is 0.336. The van der Waals surface area contributed by atoms with Gasteiger partial charge in [0.05, 0.1) is 0 Å². The molecule has 2 rings (SSSR count). The normalized spacial score (nSPS) is 26.9. The summed E-state index contributed by atoms with van der Waals surface area (Å²) in [7, 11) is 0. The molecule has 1 N–H and O–H groups in total. The van der Waals surface area contributed by atoms with Gasteiger partial charge in [-0.15, -0.1) is 0 Å². The van der Waals surface area contributed by atoms with Gasteiger partial charge in [-0.25, -0.2) is 0 Å². The molecule has 0 bridgehead atoms. The number of rotatable bonds is 2. The largest absolute Gasteiger partial charge is 0.414 e. The highest BCUT2D eigenvalue weighted by molar-refractivity contribution is 5.19. The van der Waals surface area contributed by atoms with E-state index in [2.05, 4.69) is 0 Å². The second kappa shape index (κ2) is 5.31. The molecule has 100 valence electrons. The smallest absolute Gasteiger partial charge is 0.383 e. The molecule has 0 radical (unpaired) electrons. The Bertz CT molecular complexity index is 366. The van der Waals surface area contributed by atoms with E-state index >= 15 is 0 Å². The molecule has 0 heterocycles.